The van der Waals surface area contributed by atoms with E-state index in [1.165, 1.54) is 0 Å². The third-order valence-corrected chi connectivity index (χ3v) is 6.90. The molecule has 6 N–H and O–H groups in total. The summed E-state index contributed by atoms with van der Waals surface area (Å²) < 4.78 is 1.86. The fraction of sp³-hybridized carbons (Fsp3) is 0.143. The molecule has 0 saturated carbocycles. The third kappa shape index (κ3) is 7.91. The average Bonchev–Trinajstić information content (AvgIpc) is 3.73. The molecule has 44 heavy (non-hydrogen) atoms. The molecule has 1 aromatic heterocycles. The van der Waals surface area contributed by atoms with Gasteiger partial charge in [0.25, 0.3) is 0 Å². The number of benzene rings is 4. The van der Waals surface area contributed by atoms with Crippen molar-refractivity contribution in [2.45, 2.75) is 33.5 Å². The van der Waals surface area contributed by atoms with Crippen LogP contribution < -0.4 is 22.5 Å². The second-order valence-corrected chi connectivity index (χ2v) is 10.2. The summed E-state index contributed by atoms with van der Waals surface area (Å²) in [4.78, 5) is 0. The van der Waals surface area contributed by atoms with E-state index in [-0.39, 0.29) is 0 Å². The van der Waals surface area contributed by atoms with Crippen LogP contribution in [0.2, 0.25) is 0 Å². The molecule has 0 aliphatic carbocycles. The first-order chi connectivity index (χ1) is 21.6. The maximum Gasteiger partial charge on any atom is 0.113 e. The van der Waals surface area contributed by atoms with Crippen molar-refractivity contribution < 1.29 is 0 Å². The zero-order valence-corrected chi connectivity index (χ0v) is 25.1. The molecule has 9 heteroatoms. The van der Waals surface area contributed by atoms with E-state index in [0.29, 0.717) is 25.3 Å². The van der Waals surface area contributed by atoms with E-state index < -0.39 is 0 Å². The first kappa shape index (κ1) is 30.1. The molecule has 1 aliphatic rings. The monoisotopic (exact) mass is 585 g/mol. The molecule has 224 valence electrons. The second-order valence-electron chi connectivity index (χ2n) is 10.2. The van der Waals surface area contributed by atoms with Crippen LogP contribution in [0.5, 0.6) is 0 Å². The molecule has 6 rings (SSSR count). The summed E-state index contributed by atoms with van der Waals surface area (Å²) in [7, 11) is 0. The SMILES string of the molecule is CC.N/C(=C\N(N)Cc1cc(CN2C=C(c3ccccc3)NN2)cc(Cn2cc(-c3ccccc3)nn2)c1)c1ccccc1. The van der Waals surface area contributed by atoms with Gasteiger partial charge >= 0.3 is 0 Å². The molecule has 5 aromatic rings. The molecule has 0 bridgehead atoms. The summed E-state index contributed by atoms with van der Waals surface area (Å²) in [6.45, 7) is 5.70. The topological polar surface area (TPSA) is 113 Å². The zero-order chi connectivity index (χ0) is 30.7. The van der Waals surface area contributed by atoms with Crippen LogP contribution >= 0.6 is 0 Å². The first-order valence-electron chi connectivity index (χ1n) is 14.8. The van der Waals surface area contributed by atoms with Crippen molar-refractivity contribution in [3.8, 4) is 11.3 Å². The fourth-order valence-electron chi connectivity index (χ4n) is 4.96. The van der Waals surface area contributed by atoms with Crippen LogP contribution in [0.4, 0.5) is 0 Å². The Kier molecular flexibility index (Phi) is 10.0. The lowest BCUT2D eigenvalue weighted by molar-refractivity contribution is 0.264. The van der Waals surface area contributed by atoms with Crippen molar-refractivity contribution in [2.24, 2.45) is 11.6 Å². The number of nitrogens with one attached hydrogen (secondary N) is 2. The van der Waals surface area contributed by atoms with Crippen LogP contribution in [0.1, 0.15) is 41.7 Å². The number of hydrogen-bond acceptors (Lipinski definition) is 8. The van der Waals surface area contributed by atoms with Crippen molar-refractivity contribution in [3.05, 3.63) is 156 Å². The molecule has 0 amide bonds. The Morgan fingerprint density at radius 1 is 0.795 bits per heavy atom. The molecule has 0 spiro atoms. The zero-order valence-electron chi connectivity index (χ0n) is 25.1. The van der Waals surface area contributed by atoms with Gasteiger partial charge in [0, 0.05) is 23.5 Å². The first-order valence-corrected chi connectivity index (χ1v) is 14.8. The van der Waals surface area contributed by atoms with Crippen molar-refractivity contribution >= 4 is 11.4 Å². The minimum atomic E-state index is 0.484. The number of hydrazine groups is 3. The summed E-state index contributed by atoms with van der Waals surface area (Å²) in [5, 5.41) is 12.4. The van der Waals surface area contributed by atoms with Crippen LogP contribution in [0.15, 0.2) is 128 Å². The summed E-state index contributed by atoms with van der Waals surface area (Å²) in [5.41, 5.74) is 21.7. The van der Waals surface area contributed by atoms with Gasteiger partial charge in [-0.2, -0.15) is 0 Å². The maximum absolute atomic E-state index is 6.42. The predicted octanol–water partition coefficient (Wildman–Crippen LogP) is 5.48. The highest BCUT2D eigenvalue weighted by atomic mass is 15.7. The molecule has 0 atom stereocenters. The molecule has 0 fully saturated rings. The van der Waals surface area contributed by atoms with E-state index in [1.807, 2.05) is 109 Å². The Morgan fingerprint density at radius 3 is 2.07 bits per heavy atom. The third-order valence-electron chi connectivity index (χ3n) is 6.90. The van der Waals surface area contributed by atoms with Crippen LogP contribution in [-0.2, 0) is 19.6 Å². The Labute approximate surface area is 259 Å². The standard InChI is InChI=1S/C33H33N9.C2H6/c34-31(28-10-4-1-5-11-28)22-40(35)19-25-16-26(20-41-23-32(36-38-41)29-12-6-2-7-13-29)18-27(17-25)21-42-24-33(37-39-42)30-14-8-3-9-15-30;1-2/h1-18,22-24,36,38H,19-21,34-35H2;1-2H3/b31-22-;. The van der Waals surface area contributed by atoms with Gasteiger partial charge in [0.15, 0.2) is 0 Å². The molecule has 0 unspecified atom stereocenters. The highest BCUT2D eigenvalue weighted by Gasteiger charge is 2.14. The number of nitrogens with two attached hydrogens (primary N) is 2. The highest BCUT2D eigenvalue weighted by molar-refractivity contribution is 5.64. The van der Waals surface area contributed by atoms with Crippen molar-refractivity contribution in [2.75, 3.05) is 0 Å². The molecular formula is C35H39N9. The Balaban J connectivity index is 0.00000188. The summed E-state index contributed by atoms with van der Waals surface area (Å²) in [6, 6.07) is 36.6. The number of rotatable bonds is 10. The smallest absolute Gasteiger partial charge is 0.113 e. The molecule has 1 aliphatic heterocycles. The minimum Gasteiger partial charge on any atom is -0.397 e. The van der Waals surface area contributed by atoms with Crippen molar-refractivity contribution in [3.63, 3.8) is 0 Å². The number of hydrogen-bond donors (Lipinski definition) is 4. The van der Waals surface area contributed by atoms with Crippen LogP contribution in [-0.4, -0.2) is 25.0 Å². The normalized spacial score (nSPS) is 12.7. The minimum absolute atomic E-state index is 0.484. The lowest BCUT2D eigenvalue weighted by Crippen LogP contribution is -2.35. The van der Waals surface area contributed by atoms with Crippen LogP contribution in [0, 0.1) is 0 Å². The van der Waals surface area contributed by atoms with Gasteiger partial charge in [0.1, 0.15) is 5.69 Å². The largest absolute Gasteiger partial charge is 0.397 e. The van der Waals surface area contributed by atoms with Gasteiger partial charge in [-0.1, -0.05) is 128 Å². The van der Waals surface area contributed by atoms with E-state index >= 15 is 0 Å². The van der Waals surface area contributed by atoms with Crippen molar-refractivity contribution in [1.82, 2.24) is 36.0 Å². The summed E-state index contributed by atoms with van der Waals surface area (Å²) >= 11 is 0. The van der Waals surface area contributed by atoms with Crippen molar-refractivity contribution in [1.29, 1.82) is 0 Å². The maximum atomic E-state index is 6.42. The summed E-state index contributed by atoms with van der Waals surface area (Å²) in [6.07, 6.45) is 5.82. The van der Waals surface area contributed by atoms with Gasteiger partial charge in [0.2, 0.25) is 0 Å². The van der Waals surface area contributed by atoms with Gasteiger partial charge in [-0.25, -0.2) is 10.5 Å². The Morgan fingerprint density at radius 2 is 1.39 bits per heavy atom. The van der Waals surface area contributed by atoms with Gasteiger partial charge < -0.3 is 16.2 Å². The van der Waals surface area contributed by atoms with Gasteiger partial charge in [-0.15, -0.1) is 10.6 Å². The molecule has 0 saturated heterocycles. The Hall–Kier alpha value is -5.38. The second kappa shape index (κ2) is 14.7. The number of aromatic nitrogens is 3. The fourth-order valence-corrected chi connectivity index (χ4v) is 4.96. The van der Waals surface area contributed by atoms with E-state index in [1.54, 1.807) is 11.2 Å². The summed E-state index contributed by atoms with van der Waals surface area (Å²) in [5.74, 6) is 6.42. The van der Waals surface area contributed by atoms with Gasteiger partial charge in [-0.05, 0) is 22.3 Å². The number of nitrogens with zero attached hydrogens (tertiary/aromatic N) is 5. The molecule has 2 heterocycles. The average molecular weight is 586 g/mol. The van der Waals surface area contributed by atoms with E-state index in [2.05, 4.69) is 57.8 Å². The quantitative estimate of drug-likeness (QED) is 0.126. The highest BCUT2D eigenvalue weighted by Crippen LogP contribution is 2.20. The predicted molar refractivity (Wildman–Crippen MR) is 177 cm³/mol. The van der Waals surface area contributed by atoms with E-state index in [9.17, 15) is 0 Å². The van der Waals surface area contributed by atoms with Crippen LogP contribution in [0.3, 0.4) is 0 Å². The van der Waals surface area contributed by atoms with Gasteiger partial charge in [0.05, 0.1) is 37.2 Å². The van der Waals surface area contributed by atoms with Gasteiger partial charge in [-0.3, -0.25) is 5.01 Å². The lowest BCUT2D eigenvalue weighted by atomic mass is 10.0. The van der Waals surface area contributed by atoms with E-state index in [0.717, 1.165) is 44.8 Å². The van der Waals surface area contributed by atoms with Crippen LogP contribution in [0.25, 0.3) is 22.7 Å². The molecular weight excluding hydrogens is 546 g/mol. The molecule has 0 radical (unpaired) electrons. The Bertz CT molecular complexity index is 1680. The molecule has 9 nitrogen and oxygen atoms in total. The molecule has 4 aromatic carbocycles. The lowest BCUT2D eigenvalue weighted by Gasteiger charge is -2.19. The van der Waals surface area contributed by atoms with E-state index in [4.69, 9.17) is 11.6 Å².